The second-order valence-corrected chi connectivity index (χ2v) is 5.99. The number of thioether (sulfide) groups is 1. The number of carbonyl (C=O) groups is 1. The van der Waals surface area contributed by atoms with Crippen LogP contribution < -0.4 is 10.6 Å². The highest BCUT2D eigenvalue weighted by Gasteiger charge is 2.21. The molecule has 1 aliphatic heterocycles. The number of carbonyl (C=O) groups excluding carboxylic acids is 1. The standard InChI is InChI=1S/C14H20N2OS/c1-10(15)6-8-18-13-3-4-14-12(9-13)5-7-16(14)11(2)17/h3-4,9-10H,5-8,15H2,1-2H3. The topological polar surface area (TPSA) is 46.3 Å². The zero-order valence-electron chi connectivity index (χ0n) is 11.0. The number of nitrogens with two attached hydrogens (primary N) is 1. The van der Waals surface area contributed by atoms with E-state index in [4.69, 9.17) is 5.73 Å². The molecule has 98 valence electrons. The zero-order chi connectivity index (χ0) is 13.1. The molecule has 1 atom stereocenters. The number of hydrogen-bond acceptors (Lipinski definition) is 3. The molecule has 3 nitrogen and oxygen atoms in total. The predicted octanol–water partition coefficient (Wildman–Crippen LogP) is 2.43. The van der Waals surface area contributed by atoms with Crippen LogP contribution in [0.1, 0.15) is 25.8 Å². The third-order valence-corrected chi connectivity index (χ3v) is 4.20. The maximum atomic E-state index is 11.4. The fraction of sp³-hybridized carbons (Fsp3) is 0.500. The first kappa shape index (κ1) is 13.4. The molecule has 0 radical (unpaired) electrons. The van der Waals surface area contributed by atoms with Crippen molar-refractivity contribution >= 4 is 23.4 Å². The smallest absolute Gasteiger partial charge is 0.223 e. The number of benzene rings is 1. The van der Waals surface area contributed by atoms with Crippen LogP contribution in [0, 0.1) is 0 Å². The summed E-state index contributed by atoms with van der Waals surface area (Å²) in [6, 6.07) is 6.65. The lowest BCUT2D eigenvalue weighted by Gasteiger charge is -2.14. The number of hydrogen-bond donors (Lipinski definition) is 1. The van der Waals surface area contributed by atoms with E-state index < -0.39 is 0 Å². The maximum Gasteiger partial charge on any atom is 0.223 e. The van der Waals surface area contributed by atoms with Gasteiger partial charge in [-0.25, -0.2) is 0 Å². The van der Waals surface area contributed by atoms with E-state index in [1.54, 1.807) is 6.92 Å². The summed E-state index contributed by atoms with van der Waals surface area (Å²) in [5.41, 5.74) is 8.11. The molecule has 0 aliphatic carbocycles. The van der Waals surface area contributed by atoms with E-state index in [0.717, 1.165) is 30.8 Å². The van der Waals surface area contributed by atoms with E-state index in [1.165, 1.54) is 10.5 Å². The van der Waals surface area contributed by atoms with Gasteiger partial charge >= 0.3 is 0 Å². The van der Waals surface area contributed by atoms with Crippen molar-refractivity contribution in [1.82, 2.24) is 0 Å². The van der Waals surface area contributed by atoms with Crippen molar-refractivity contribution in [3.05, 3.63) is 23.8 Å². The minimum atomic E-state index is 0.131. The molecule has 2 N–H and O–H groups in total. The molecular weight excluding hydrogens is 244 g/mol. The fourth-order valence-corrected chi connectivity index (χ4v) is 3.27. The molecule has 1 aliphatic rings. The van der Waals surface area contributed by atoms with Crippen LogP contribution in [0.25, 0.3) is 0 Å². The Hall–Kier alpha value is -1.00. The number of anilines is 1. The van der Waals surface area contributed by atoms with E-state index >= 15 is 0 Å². The van der Waals surface area contributed by atoms with Gasteiger partial charge in [-0.2, -0.15) is 0 Å². The first-order valence-corrected chi connectivity index (χ1v) is 7.36. The Balaban J connectivity index is 2.03. The third-order valence-electron chi connectivity index (χ3n) is 3.17. The molecule has 1 aromatic carbocycles. The lowest BCUT2D eigenvalue weighted by Crippen LogP contribution is -2.25. The minimum absolute atomic E-state index is 0.131. The van der Waals surface area contributed by atoms with Crippen LogP contribution in [0.3, 0.4) is 0 Å². The maximum absolute atomic E-state index is 11.4. The molecule has 18 heavy (non-hydrogen) atoms. The molecule has 0 saturated heterocycles. The minimum Gasteiger partial charge on any atom is -0.328 e. The summed E-state index contributed by atoms with van der Waals surface area (Å²) in [6.07, 6.45) is 2.00. The Bertz CT molecular complexity index is 445. The van der Waals surface area contributed by atoms with Gasteiger partial charge in [0.05, 0.1) is 0 Å². The van der Waals surface area contributed by atoms with Crippen LogP contribution in [0.15, 0.2) is 23.1 Å². The molecule has 0 saturated carbocycles. The Labute approximate surface area is 113 Å². The van der Waals surface area contributed by atoms with Crippen LogP contribution >= 0.6 is 11.8 Å². The summed E-state index contributed by atoms with van der Waals surface area (Å²) in [7, 11) is 0. The molecule has 0 spiro atoms. The molecular formula is C14H20N2OS. The van der Waals surface area contributed by atoms with Crippen LogP contribution in [-0.2, 0) is 11.2 Å². The predicted molar refractivity (Wildman–Crippen MR) is 77.2 cm³/mol. The second kappa shape index (κ2) is 5.76. The number of fused-ring (bicyclic) bond motifs is 1. The first-order valence-electron chi connectivity index (χ1n) is 6.37. The Morgan fingerprint density at radius 2 is 2.33 bits per heavy atom. The van der Waals surface area contributed by atoms with Crippen LogP contribution in [0.5, 0.6) is 0 Å². The van der Waals surface area contributed by atoms with Gasteiger partial charge in [-0.15, -0.1) is 11.8 Å². The SMILES string of the molecule is CC(=O)N1CCc2cc(SCCC(C)N)ccc21. The third kappa shape index (κ3) is 3.06. The van der Waals surface area contributed by atoms with Gasteiger partial charge in [0.15, 0.2) is 0 Å². The van der Waals surface area contributed by atoms with E-state index in [-0.39, 0.29) is 11.9 Å². The molecule has 1 heterocycles. The van der Waals surface area contributed by atoms with E-state index in [0.29, 0.717) is 0 Å². The van der Waals surface area contributed by atoms with Crippen LogP contribution in [0.4, 0.5) is 5.69 Å². The van der Waals surface area contributed by atoms with Gasteiger partial charge < -0.3 is 10.6 Å². The molecule has 1 aromatic rings. The molecule has 4 heteroatoms. The zero-order valence-corrected chi connectivity index (χ0v) is 11.8. The average molecular weight is 264 g/mol. The van der Waals surface area contributed by atoms with Crippen LogP contribution in [-0.4, -0.2) is 24.2 Å². The fourth-order valence-electron chi connectivity index (χ4n) is 2.16. The van der Waals surface area contributed by atoms with Crippen molar-refractivity contribution in [2.45, 2.75) is 37.6 Å². The molecule has 2 rings (SSSR count). The van der Waals surface area contributed by atoms with Crippen molar-refractivity contribution in [2.24, 2.45) is 5.73 Å². The molecule has 1 unspecified atom stereocenters. The van der Waals surface area contributed by atoms with Gasteiger partial charge in [0.25, 0.3) is 0 Å². The average Bonchev–Trinajstić information content (AvgIpc) is 2.71. The molecule has 0 bridgehead atoms. The Morgan fingerprint density at radius 3 is 3.00 bits per heavy atom. The summed E-state index contributed by atoms with van der Waals surface area (Å²) < 4.78 is 0. The van der Waals surface area contributed by atoms with Crippen LogP contribution in [0.2, 0.25) is 0 Å². The Kier molecular flexibility index (Phi) is 4.30. The monoisotopic (exact) mass is 264 g/mol. The van der Waals surface area contributed by atoms with Gasteiger partial charge in [-0.1, -0.05) is 0 Å². The largest absolute Gasteiger partial charge is 0.328 e. The summed E-state index contributed by atoms with van der Waals surface area (Å²) >= 11 is 1.84. The van der Waals surface area contributed by atoms with Crippen molar-refractivity contribution in [1.29, 1.82) is 0 Å². The number of nitrogens with zero attached hydrogens (tertiary/aromatic N) is 1. The highest BCUT2D eigenvalue weighted by atomic mass is 32.2. The lowest BCUT2D eigenvalue weighted by atomic mass is 10.2. The number of amides is 1. The normalized spacial score (nSPS) is 15.6. The first-order chi connectivity index (χ1) is 8.58. The lowest BCUT2D eigenvalue weighted by molar-refractivity contribution is -0.116. The van der Waals surface area contributed by atoms with Crippen molar-refractivity contribution in [3.63, 3.8) is 0 Å². The summed E-state index contributed by atoms with van der Waals surface area (Å²) in [5.74, 6) is 1.18. The van der Waals surface area contributed by atoms with E-state index in [2.05, 4.69) is 18.2 Å². The quantitative estimate of drug-likeness (QED) is 0.850. The van der Waals surface area contributed by atoms with Gasteiger partial charge in [-0.05, 0) is 49.3 Å². The molecule has 0 aromatic heterocycles. The Morgan fingerprint density at radius 1 is 1.56 bits per heavy atom. The van der Waals surface area contributed by atoms with Crippen molar-refractivity contribution < 1.29 is 4.79 Å². The van der Waals surface area contributed by atoms with Gasteiger partial charge in [0.1, 0.15) is 0 Å². The second-order valence-electron chi connectivity index (χ2n) is 4.83. The summed E-state index contributed by atoms with van der Waals surface area (Å²) in [5, 5.41) is 0. The summed E-state index contributed by atoms with van der Waals surface area (Å²) in [4.78, 5) is 14.6. The van der Waals surface area contributed by atoms with E-state index in [9.17, 15) is 4.79 Å². The van der Waals surface area contributed by atoms with E-state index in [1.807, 2.05) is 23.6 Å². The molecule has 0 fully saturated rings. The van der Waals surface area contributed by atoms with Crippen molar-refractivity contribution in [2.75, 3.05) is 17.2 Å². The number of rotatable bonds is 4. The van der Waals surface area contributed by atoms with Gasteiger partial charge in [0, 0.05) is 30.1 Å². The highest BCUT2D eigenvalue weighted by molar-refractivity contribution is 7.99. The highest BCUT2D eigenvalue weighted by Crippen LogP contribution is 2.32. The summed E-state index contributed by atoms with van der Waals surface area (Å²) in [6.45, 7) is 4.48. The van der Waals surface area contributed by atoms with Gasteiger partial charge in [0.2, 0.25) is 5.91 Å². The van der Waals surface area contributed by atoms with Crippen molar-refractivity contribution in [3.8, 4) is 0 Å². The molecule has 1 amide bonds. The van der Waals surface area contributed by atoms with Gasteiger partial charge in [-0.3, -0.25) is 4.79 Å².